The van der Waals surface area contributed by atoms with Crippen molar-refractivity contribution in [2.75, 3.05) is 0 Å². The van der Waals surface area contributed by atoms with Crippen LogP contribution in [-0.2, 0) is 4.79 Å². The Balaban J connectivity index is 2.43. The minimum absolute atomic E-state index is 0.390. The predicted molar refractivity (Wildman–Crippen MR) is 36.3 cm³/mol. The summed E-state index contributed by atoms with van der Waals surface area (Å²) in [5.41, 5.74) is 0. The molecule has 2 unspecified atom stereocenters. The highest BCUT2D eigenvalue weighted by molar-refractivity contribution is 5.80. The van der Waals surface area contributed by atoms with E-state index in [-0.39, 0.29) is 0 Å². The molecule has 2 nitrogen and oxygen atoms in total. The van der Waals surface area contributed by atoms with Crippen LogP contribution in [0.1, 0.15) is 26.7 Å². The van der Waals surface area contributed by atoms with Crippen molar-refractivity contribution < 1.29 is 4.79 Å². The smallest absolute Gasteiger partial charge is 0.135 e. The molecule has 52 valence electrons. The largest absolute Gasteiger partial charge is 0.311 e. The molecule has 1 rings (SSSR count). The van der Waals surface area contributed by atoms with Crippen LogP contribution >= 0.6 is 0 Å². The van der Waals surface area contributed by atoms with Crippen molar-refractivity contribution in [2.24, 2.45) is 0 Å². The molecule has 0 radical (unpaired) electrons. The zero-order chi connectivity index (χ0) is 6.85. The molecular weight excluding hydrogens is 114 g/mol. The van der Waals surface area contributed by atoms with Crippen molar-refractivity contribution in [3.05, 3.63) is 0 Å². The van der Waals surface area contributed by atoms with Crippen molar-refractivity contribution in [1.29, 1.82) is 0 Å². The normalized spacial score (nSPS) is 36.9. The van der Waals surface area contributed by atoms with Crippen LogP contribution in [0.3, 0.4) is 0 Å². The number of ketones is 1. The minimum Gasteiger partial charge on any atom is -0.311 e. The Morgan fingerprint density at radius 1 is 1.33 bits per heavy atom. The van der Waals surface area contributed by atoms with Crippen LogP contribution in [0.4, 0.5) is 0 Å². The average molecular weight is 127 g/mol. The third-order valence-electron chi connectivity index (χ3n) is 1.64. The number of hydrogen-bond donors (Lipinski definition) is 1. The van der Waals surface area contributed by atoms with Gasteiger partial charge in [-0.1, -0.05) is 0 Å². The van der Waals surface area contributed by atoms with Gasteiger partial charge < -0.3 is 5.32 Å². The van der Waals surface area contributed by atoms with Gasteiger partial charge in [0.05, 0.1) is 0 Å². The quantitative estimate of drug-likeness (QED) is 0.519. The van der Waals surface area contributed by atoms with E-state index in [0.29, 0.717) is 30.7 Å². The molecule has 0 saturated carbocycles. The lowest BCUT2D eigenvalue weighted by molar-refractivity contribution is -0.121. The molecule has 0 aromatic rings. The number of rotatable bonds is 0. The van der Waals surface area contributed by atoms with Crippen molar-refractivity contribution in [1.82, 2.24) is 5.32 Å². The number of hydrogen-bond acceptors (Lipinski definition) is 2. The van der Waals surface area contributed by atoms with Crippen molar-refractivity contribution in [2.45, 2.75) is 38.8 Å². The van der Waals surface area contributed by atoms with Gasteiger partial charge in [0, 0.05) is 24.9 Å². The fraction of sp³-hybridized carbons (Fsp3) is 0.857. The summed E-state index contributed by atoms with van der Waals surface area (Å²) < 4.78 is 0. The van der Waals surface area contributed by atoms with E-state index in [1.807, 2.05) is 13.8 Å². The van der Waals surface area contributed by atoms with Crippen molar-refractivity contribution >= 4 is 5.78 Å². The van der Waals surface area contributed by atoms with Crippen molar-refractivity contribution in [3.63, 3.8) is 0 Å². The van der Waals surface area contributed by atoms with Crippen LogP contribution in [0.2, 0.25) is 0 Å². The number of carbonyl (C=O) groups is 1. The number of piperidine rings is 1. The maximum absolute atomic E-state index is 10.8. The van der Waals surface area contributed by atoms with Crippen LogP contribution in [0.5, 0.6) is 0 Å². The Labute approximate surface area is 55.6 Å². The number of carbonyl (C=O) groups excluding carboxylic acids is 1. The average Bonchev–Trinajstić information content (AvgIpc) is 1.59. The van der Waals surface area contributed by atoms with E-state index in [0.717, 1.165) is 0 Å². The van der Waals surface area contributed by atoms with E-state index < -0.39 is 0 Å². The zero-order valence-corrected chi connectivity index (χ0v) is 5.98. The highest BCUT2D eigenvalue weighted by Gasteiger charge is 2.19. The Kier molecular flexibility index (Phi) is 1.86. The first-order valence-corrected chi connectivity index (χ1v) is 3.46. The lowest BCUT2D eigenvalue weighted by atomic mass is 10.00. The molecule has 1 heterocycles. The third kappa shape index (κ3) is 1.79. The molecule has 2 atom stereocenters. The summed E-state index contributed by atoms with van der Waals surface area (Å²) >= 11 is 0. The van der Waals surface area contributed by atoms with Gasteiger partial charge in [-0.15, -0.1) is 0 Å². The first-order chi connectivity index (χ1) is 4.18. The van der Waals surface area contributed by atoms with Crippen LogP contribution in [-0.4, -0.2) is 17.9 Å². The maximum atomic E-state index is 10.8. The third-order valence-corrected chi connectivity index (χ3v) is 1.64. The van der Waals surface area contributed by atoms with Gasteiger partial charge in [-0.2, -0.15) is 0 Å². The van der Waals surface area contributed by atoms with E-state index in [9.17, 15) is 4.79 Å². The lowest BCUT2D eigenvalue weighted by Gasteiger charge is -2.24. The van der Waals surface area contributed by atoms with Crippen LogP contribution in [0, 0.1) is 0 Å². The van der Waals surface area contributed by atoms with E-state index in [4.69, 9.17) is 0 Å². The van der Waals surface area contributed by atoms with Gasteiger partial charge in [-0.05, 0) is 13.8 Å². The molecule has 0 aromatic heterocycles. The molecule has 2 heteroatoms. The summed E-state index contributed by atoms with van der Waals surface area (Å²) in [6, 6.07) is 0.780. The van der Waals surface area contributed by atoms with Gasteiger partial charge in [0.15, 0.2) is 0 Å². The van der Waals surface area contributed by atoms with Gasteiger partial charge in [0.1, 0.15) is 5.78 Å². The first-order valence-electron chi connectivity index (χ1n) is 3.46. The first kappa shape index (κ1) is 6.75. The molecule has 1 fully saturated rings. The summed E-state index contributed by atoms with van der Waals surface area (Å²) in [6.45, 7) is 4.10. The van der Waals surface area contributed by atoms with E-state index in [1.54, 1.807) is 0 Å². The van der Waals surface area contributed by atoms with E-state index in [2.05, 4.69) is 5.32 Å². The fourth-order valence-electron chi connectivity index (χ4n) is 1.37. The fourth-order valence-corrected chi connectivity index (χ4v) is 1.37. The predicted octanol–water partition coefficient (Wildman–Crippen LogP) is 0.716. The second-order valence-corrected chi connectivity index (χ2v) is 2.92. The Bertz CT molecular complexity index is 110. The minimum atomic E-state index is 0.390. The highest BCUT2D eigenvalue weighted by atomic mass is 16.1. The molecule has 9 heavy (non-hydrogen) atoms. The Morgan fingerprint density at radius 3 is 2.11 bits per heavy atom. The molecule has 0 aromatic carbocycles. The molecule has 0 spiro atoms. The molecule has 1 aliphatic heterocycles. The van der Waals surface area contributed by atoms with Gasteiger partial charge in [-0.25, -0.2) is 0 Å². The summed E-state index contributed by atoms with van der Waals surface area (Å²) in [5, 5.41) is 3.29. The standard InChI is InChI=1S/C7H13NO/c1-5-3-7(9)4-6(2)8-5/h5-6,8H,3-4H2,1-2H3. The summed E-state index contributed by atoms with van der Waals surface area (Å²) in [5.74, 6) is 0.397. The second kappa shape index (κ2) is 2.48. The zero-order valence-electron chi connectivity index (χ0n) is 5.98. The molecule has 0 bridgehead atoms. The summed E-state index contributed by atoms with van der Waals surface area (Å²) in [6.07, 6.45) is 1.43. The van der Waals surface area contributed by atoms with Crippen molar-refractivity contribution in [3.8, 4) is 0 Å². The second-order valence-electron chi connectivity index (χ2n) is 2.92. The summed E-state index contributed by atoms with van der Waals surface area (Å²) in [7, 11) is 0. The van der Waals surface area contributed by atoms with Gasteiger partial charge in [-0.3, -0.25) is 4.79 Å². The van der Waals surface area contributed by atoms with E-state index >= 15 is 0 Å². The van der Waals surface area contributed by atoms with Gasteiger partial charge >= 0.3 is 0 Å². The van der Waals surface area contributed by atoms with Gasteiger partial charge in [0.2, 0.25) is 0 Å². The topological polar surface area (TPSA) is 29.1 Å². The Hall–Kier alpha value is -0.370. The molecule has 1 N–H and O–H groups in total. The molecule has 1 saturated heterocycles. The van der Waals surface area contributed by atoms with Crippen LogP contribution < -0.4 is 5.32 Å². The molecule has 1 aliphatic rings. The van der Waals surface area contributed by atoms with Crippen LogP contribution in [0.15, 0.2) is 0 Å². The maximum Gasteiger partial charge on any atom is 0.135 e. The lowest BCUT2D eigenvalue weighted by Crippen LogP contribution is -2.42. The van der Waals surface area contributed by atoms with Crippen LogP contribution in [0.25, 0.3) is 0 Å². The van der Waals surface area contributed by atoms with Gasteiger partial charge in [0.25, 0.3) is 0 Å². The summed E-state index contributed by atoms with van der Waals surface area (Å²) in [4.78, 5) is 10.8. The van der Waals surface area contributed by atoms with E-state index in [1.165, 1.54) is 0 Å². The Morgan fingerprint density at radius 2 is 1.78 bits per heavy atom. The SMILES string of the molecule is CC1CC(=O)CC(C)N1. The number of nitrogens with one attached hydrogen (secondary N) is 1. The molecule has 0 aliphatic carbocycles. The monoisotopic (exact) mass is 127 g/mol. The number of Topliss-reactive ketones (excluding diaryl/α,β-unsaturated/α-hetero) is 1. The molecular formula is C7H13NO. The molecule has 0 amide bonds. The highest BCUT2D eigenvalue weighted by Crippen LogP contribution is 2.07.